The van der Waals surface area contributed by atoms with Gasteiger partial charge in [0.1, 0.15) is 0 Å². The van der Waals surface area contributed by atoms with Crippen molar-refractivity contribution in [2.45, 2.75) is 38.9 Å². The van der Waals surface area contributed by atoms with Crippen LogP contribution in [0, 0.1) is 0 Å². The van der Waals surface area contributed by atoms with E-state index in [4.69, 9.17) is 11.6 Å². The Labute approximate surface area is 148 Å². The normalized spacial score (nSPS) is 18.0. The summed E-state index contributed by atoms with van der Waals surface area (Å²) in [7, 11) is 2.21. The highest BCUT2D eigenvalue weighted by atomic mass is 35.5. The summed E-state index contributed by atoms with van der Waals surface area (Å²) < 4.78 is 2.53. The molecule has 24 heavy (non-hydrogen) atoms. The maximum atomic E-state index is 6.29. The number of aryl methyl sites for hydroxylation is 2. The molecular weight excluding hydrogens is 316 g/mol. The minimum Gasteiger partial charge on any atom is -0.344 e. The summed E-state index contributed by atoms with van der Waals surface area (Å²) in [6.07, 6.45) is 2.16. The van der Waals surface area contributed by atoms with Crippen LogP contribution in [0.2, 0.25) is 5.02 Å². The number of rotatable bonds is 3. The zero-order valence-corrected chi connectivity index (χ0v) is 15.1. The van der Waals surface area contributed by atoms with Gasteiger partial charge in [0.05, 0.1) is 0 Å². The smallest absolute Gasteiger partial charge is 0.0487 e. The van der Waals surface area contributed by atoms with Crippen LogP contribution in [-0.2, 0) is 25.9 Å². The van der Waals surface area contributed by atoms with Gasteiger partial charge in [-0.1, -0.05) is 41.9 Å². The molecule has 0 fully saturated rings. The summed E-state index contributed by atoms with van der Waals surface area (Å²) >= 11 is 6.29. The lowest BCUT2D eigenvalue weighted by Gasteiger charge is -2.31. The van der Waals surface area contributed by atoms with E-state index in [1.54, 1.807) is 0 Å². The Morgan fingerprint density at radius 2 is 1.92 bits per heavy atom. The van der Waals surface area contributed by atoms with Crippen LogP contribution in [0.5, 0.6) is 0 Å². The summed E-state index contributed by atoms with van der Waals surface area (Å²) in [6.45, 7) is 4.34. The van der Waals surface area contributed by atoms with Crippen LogP contribution in [-0.4, -0.2) is 22.6 Å². The highest BCUT2D eigenvalue weighted by Crippen LogP contribution is 2.34. The molecule has 0 spiro atoms. The maximum absolute atomic E-state index is 6.29. The molecular formula is C21H23ClN2. The van der Waals surface area contributed by atoms with Crippen LogP contribution in [0.15, 0.2) is 48.5 Å². The molecule has 1 aliphatic rings. The van der Waals surface area contributed by atoms with Crippen LogP contribution in [0.4, 0.5) is 0 Å². The zero-order chi connectivity index (χ0) is 16.7. The van der Waals surface area contributed by atoms with Crippen molar-refractivity contribution in [2.75, 3.05) is 7.05 Å². The monoisotopic (exact) mass is 338 g/mol. The number of halogens is 1. The number of benzene rings is 2. The first kappa shape index (κ1) is 15.7. The van der Waals surface area contributed by atoms with E-state index in [1.165, 1.54) is 27.7 Å². The topological polar surface area (TPSA) is 8.17 Å². The van der Waals surface area contributed by atoms with E-state index < -0.39 is 0 Å². The Balaban J connectivity index is 1.78. The Morgan fingerprint density at radius 1 is 1.12 bits per heavy atom. The molecule has 1 aromatic heterocycles. The van der Waals surface area contributed by atoms with Gasteiger partial charge in [0, 0.05) is 47.2 Å². The quantitative estimate of drug-likeness (QED) is 0.658. The minimum atomic E-state index is 0.577. The Bertz CT molecular complexity index is 866. The lowest BCUT2D eigenvalue weighted by atomic mass is 10.00. The third kappa shape index (κ3) is 2.74. The standard InChI is InChI=1S/C21H23ClN2/c1-15-12-21-19(14-23(15)2)18-13-17(22)8-9-20(18)24(21)11-10-16-6-4-3-5-7-16/h3-9,13,15H,10-12,14H2,1-2H3. The van der Waals surface area contributed by atoms with Crippen molar-refractivity contribution in [3.05, 3.63) is 70.4 Å². The van der Waals surface area contributed by atoms with E-state index in [0.29, 0.717) is 6.04 Å². The number of fused-ring (bicyclic) bond motifs is 3. The summed E-state index contributed by atoms with van der Waals surface area (Å²) in [5.74, 6) is 0. The molecule has 0 saturated carbocycles. The molecule has 0 aliphatic carbocycles. The average Bonchev–Trinajstić information content (AvgIpc) is 2.87. The molecule has 0 radical (unpaired) electrons. The number of nitrogens with zero attached hydrogens (tertiary/aromatic N) is 2. The van der Waals surface area contributed by atoms with Gasteiger partial charge in [-0.05, 0) is 49.7 Å². The van der Waals surface area contributed by atoms with Gasteiger partial charge < -0.3 is 4.57 Å². The average molecular weight is 339 g/mol. The van der Waals surface area contributed by atoms with E-state index in [1.807, 2.05) is 6.07 Å². The van der Waals surface area contributed by atoms with Crippen LogP contribution in [0.25, 0.3) is 10.9 Å². The highest BCUT2D eigenvalue weighted by Gasteiger charge is 2.26. The van der Waals surface area contributed by atoms with Gasteiger partial charge in [0.25, 0.3) is 0 Å². The number of hydrogen-bond acceptors (Lipinski definition) is 1. The summed E-state index contributed by atoms with van der Waals surface area (Å²) in [4.78, 5) is 2.43. The van der Waals surface area contributed by atoms with Gasteiger partial charge in [0.2, 0.25) is 0 Å². The molecule has 1 aliphatic heterocycles. The predicted octanol–water partition coefficient (Wildman–Crippen LogP) is 4.91. The summed E-state index contributed by atoms with van der Waals surface area (Å²) in [6, 6.07) is 17.7. The Hall–Kier alpha value is -1.77. The predicted molar refractivity (Wildman–Crippen MR) is 102 cm³/mol. The van der Waals surface area contributed by atoms with Gasteiger partial charge in [-0.25, -0.2) is 0 Å². The molecule has 0 bridgehead atoms. The van der Waals surface area contributed by atoms with Crippen molar-refractivity contribution in [3.63, 3.8) is 0 Å². The van der Waals surface area contributed by atoms with Gasteiger partial charge >= 0.3 is 0 Å². The van der Waals surface area contributed by atoms with Crippen LogP contribution in [0.1, 0.15) is 23.7 Å². The van der Waals surface area contributed by atoms with E-state index in [0.717, 1.165) is 31.0 Å². The molecule has 3 aromatic rings. The molecule has 2 nitrogen and oxygen atoms in total. The SMILES string of the molecule is CC1Cc2c(c3cc(Cl)ccc3n2CCc2ccccc2)CN1C. The second-order valence-electron chi connectivity index (χ2n) is 6.94. The fourth-order valence-corrected chi connectivity index (χ4v) is 4.01. The third-order valence-corrected chi connectivity index (χ3v) is 5.60. The summed E-state index contributed by atoms with van der Waals surface area (Å²) in [5.41, 5.74) is 5.67. The largest absolute Gasteiger partial charge is 0.344 e. The minimum absolute atomic E-state index is 0.577. The molecule has 0 amide bonds. The van der Waals surface area contributed by atoms with E-state index >= 15 is 0 Å². The molecule has 4 rings (SSSR count). The number of aromatic nitrogens is 1. The van der Waals surface area contributed by atoms with Crippen molar-refractivity contribution < 1.29 is 0 Å². The van der Waals surface area contributed by atoms with Crippen molar-refractivity contribution >= 4 is 22.5 Å². The fraction of sp³-hybridized carbons (Fsp3) is 0.333. The van der Waals surface area contributed by atoms with Crippen LogP contribution < -0.4 is 0 Å². The van der Waals surface area contributed by atoms with Gasteiger partial charge in [-0.3, -0.25) is 4.90 Å². The Kier molecular flexibility index (Phi) is 4.11. The lowest BCUT2D eigenvalue weighted by molar-refractivity contribution is 0.228. The number of likely N-dealkylation sites (N-methyl/N-ethyl adjacent to an activating group) is 1. The first-order valence-corrected chi connectivity index (χ1v) is 9.05. The first-order chi connectivity index (χ1) is 11.6. The lowest BCUT2D eigenvalue weighted by Crippen LogP contribution is -2.35. The molecule has 0 saturated heterocycles. The van der Waals surface area contributed by atoms with Crippen LogP contribution in [0.3, 0.4) is 0 Å². The summed E-state index contributed by atoms with van der Waals surface area (Å²) in [5, 5.41) is 2.15. The highest BCUT2D eigenvalue weighted by molar-refractivity contribution is 6.31. The zero-order valence-electron chi connectivity index (χ0n) is 14.3. The Morgan fingerprint density at radius 3 is 2.71 bits per heavy atom. The van der Waals surface area contributed by atoms with Crippen molar-refractivity contribution in [2.24, 2.45) is 0 Å². The van der Waals surface area contributed by atoms with Crippen molar-refractivity contribution in [1.29, 1.82) is 0 Å². The van der Waals surface area contributed by atoms with Crippen molar-refractivity contribution in [1.82, 2.24) is 9.47 Å². The molecule has 2 heterocycles. The van der Waals surface area contributed by atoms with E-state index in [9.17, 15) is 0 Å². The van der Waals surface area contributed by atoms with Gasteiger partial charge in [-0.2, -0.15) is 0 Å². The first-order valence-electron chi connectivity index (χ1n) is 8.67. The van der Waals surface area contributed by atoms with Crippen molar-refractivity contribution in [3.8, 4) is 0 Å². The molecule has 2 aromatic carbocycles. The van der Waals surface area contributed by atoms with Gasteiger partial charge in [-0.15, -0.1) is 0 Å². The van der Waals surface area contributed by atoms with E-state index in [-0.39, 0.29) is 0 Å². The fourth-order valence-electron chi connectivity index (χ4n) is 3.84. The van der Waals surface area contributed by atoms with Crippen LogP contribution >= 0.6 is 11.6 Å². The van der Waals surface area contributed by atoms with E-state index in [2.05, 4.69) is 65.9 Å². The molecule has 1 atom stereocenters. The molecule has 0 N–H and O–H groups in total. The molecule has 3 heteroatoms. The second-order valence-corrected chi connectivity index (χ2v) is 7.38. The maximum Gasteiger partial charge on any atom is 0.0487 e. The number of hydrogen-bond donors (Lipinski definition) is 0. The second kappa shape index (κ2) is 6.27. The molecule has 1 unspecified atom stereocenters. The van der Waals surface area contributed by atoms with Gasteiger partial charge in [0.15, 0.2) is 0 Å². The third-order valence-electron chi connectivity index (χ3n) is 5.36. The molecule has 124 valence electrons.